The van der Waals surface area contributed by atoms with Gasteiger partial charge in [0.2, 0.25) is 0 Å². The number of benzene rings is 1. The molecule has 1 aromatic rings. The number of halogens is 4. The van der Waals surface area contributed by atoms with Gasteiger partial charge in [-0.1, -0.05) is 0 Å². The Labute approximate surface area is 130 Å². The van der Waals surface area contributed by atoms with Crippen molar-refractivity contribution in [3.63, 3.8) is 0 Å². The summed E-state index contributed by atoms with van der Waals surface area (Å²) in [4.78, 5) is 10.7. The van der Waals surface area contributed by atoms with Crippen LogP contribution in [0.4, 0.5) is 22.4 Å². The Kier molecular flexibility index (Phi) is 6.10. The van der Waals surface area contributed by atoms with Gasteiger partial charge in [-0.25, -0.2) is 22.4 Å². The summed E-state index contributed by atoms with van der Waals surface area (Å²) in [6.45, 7) is 4.73. The molecule has 3 nitrogen and oxygen atoms in total. The van der Waals surface area contributed by atoms with Crippen molar-refractivity contribution < 1.29 is 27.1 Å². The lowest BCUT2D eigenvalue weighted by Gasteiger charge is -2.19. The van der Waals surface area contributed by atoms with Gasteiger partial charge in [0.1, 0.15) is 5.60 Å². The zero-order valence-corrected chi connectivity index (χ0v) is 13.5. The minimum Gasteiger partial charge on any atom is -0.444 e. The van der Waals surface area contributed by atoms with Gasteiger partial charge in [0.25, 0.3) is 0 Å². The fraction of sp³-hybridized carbons (Fsp3) is 0.500. The van der Waals surface area contributed by atoms with Crippen molar-refractivity contribution in [3.05, 3.63) is 28.8 Å². The Morgan fingerprint density at radius 2 is 1.59 bits per heavy atom. The molecule has 0 radical (unpaired) electrons. The fourth-order valence-electron chi connectivity index (χ4n) is 1.66. The number of rotatable bonds is 4. The number of hydrogen-bond donors (Lipinski definition) is 1. The summed E-state index contributed by atoms with van der Waals surface area (Å²) >= 11 is 0.574. The standard InChI is InChI=1S/C14H17F4NO2S/c1-14(2,3)21-13(20)19-6-5-7-8(15)10(17)12(22-4)11(18)9(7)16/h5-6H2,1-4H3,(H,19,20). The van der Waals surface area contributed by atoms with Gasteiger partial charge in [0, 0.05) is 12.1 Å². The Morgan fingerprint density at radius 3 is 2.00 bits per heavy atom. The van der Waals surface area contributed by atoms with Crippen molar-refractivity contribution in [2.24, 2.45) is 0 Å². The van der Waals surface area contributed by atoms with E-state index < -0.39 is 51.8 Å². The number of amides is 1. The summed E-state index contributed by atoms with van der Waals surface area (Å²) in [7, 11) is 0. The summed E-state index contributed by atoms with van der Waals surface area (Å²) in [5.74, 6) is -5.76. The van der Waals surface area contributed by atoms with Crippen molar-refractivity contribution in [1.29, 1.82) is 0 Å². The maximum atomic E-state index is 13.7. The molecule has 0 aliphatic heterocycles. The van der Waals surface area contributed by atoms with Crippen LogP contribution >= 0.6 is 11.8 Å². The first-order valence-corrected chi connectivity index (χ1v) is 7.66. The molecule has 0 aliphatic carbocycles. The molecule has 0 saturated heterocycles. The highest BCUT2D eigenvalue weighted by Gasteiger charge is 2.25. The van der Waals surface area contributed by atoms with E-state index in [0.29, 0.717) is 11.8 Å². The minimum atomic E-state index is -1.45. The van der Waals surface area contributed by atoms with E-state index in [-0.39, 0.29) is 6.54 Å². The first-order chi connectivity index (χ1) is 10.1. The summed E-state index contributed by atoms with van der Waals surface area (Å²) in [6.07, 6.45) is 0.124. The number of nitrogens with one attached hydrogen (secondary N) is 1. The summed E-state index contributed by atoms with van der Waals surface area (Å²) in [6, 6.07) is 0. The number of hydrogen-bond acceptors (Lipinski definition) is 3. The highest BCUT2D eigenvalue weighted by molar-refractivity contribution is 7.98. The van der Waals surface area contributed by atoms with E-state index in [4.69, 9.17) is 4.74 Å². The summed E-state index contributed by atoms with van der Waals surface area (Å²) in [5, 5.41) is 2.27. The van der Waals surface area contributed by atoms with Gasteiger partial charge in [0.05, 0.1) is 4.90 Å². The molecule has 0 bridgehead atoms. The van der Waals surface area contributed by atoms with E-state index in [2.05, 4.69) is 5.32 Å². The molecule has 0 heterocycles. The zero-order chi connectivity index (χ0) is 17.1. The second-order valence-electron chi connectivity index (χ2n) is 5.45. The van der Waals surface area contributed by atoms with Crippen LogP contribution in [-0.4, -0.2) is 24.5 Å². The maximum absolute atomic E-state index is 13.7. The van der Waals surface area contributed by atoms with Crippen LogP contribution < -0.4 is 5.32 Å². The molecule has 124 valence electrons. The number of carbonyl (C=O) groups excluding carboxylic acids is 1. The Hall–Kier alpha value is -1.44. The quantitative estimate of drug-likeness (QED) is 0.511. The Bertz CT molecular complexity index is 544. The molecule has 8 heteroatoms. The second-order valence-corrected chi connectivity index (χ2v) is 6.26. The van der Waals surface area contributed by atoms with E-state index in [1.165, 1.54) is 6.26 Å². The normalized spacial score (nSPS) is 11.5. The highest BCUT2D eigenvalue weighted by atomic mass is 32.2. The molecular formula is C14H17F4NO2S. The molecule has 1 rings (SSSR count). The number of ether oxygens (including phenoxy) is 1. The molecule has 0 aromatic heterocycles. The zero-order valence-electron chi connectivity index (χ0n) is 12.7. The van der Waals surface area contributed by atoms with Crippen LogP contribution in [-0.2, 0) is 11.2 Å². The van der Waals surface area contributed by atoms with E-state index in [1.807, 2.05) is 0 Å². The van der Waals surface area contributed by atoms with E-state index in [9.17, 15) is 22.4 Å². The molecule has 1 amide bonds. The SMILES string of the molecule is CSc1c(F)c(F)c(CCNC(=O)OC(C)(C)C)c(F)c1F. The first kappa shape index (κ1) is 18.6. The van der Waals surface area contributed by atoms with E-state index >= 15 is 0 Å². The largest absolute Gasteiger partial charge is 0.444 e. The molecular weight excluding hydrogens is 322 g/mol. The van der Waals surface area contributed by atoms with Crippen LogP contribution in [0.3, 0.4) is 0 Å². The fourth-order valence-corrected chi connectivity index (χ4v) is 2.20. The van der Waals surface area contributed by atoms with Crippen LogP contribution in [0, 0.1) is 23.3 Å². The smallest absolute Gasteiger partial charge is 0.407 e. The predicted molar refractivity (Wildman–Crippen MR) is 76.0 cm³/mol. The van der Waals surface area contributed by atoms with Crippen molar-refractivity contribution in [3.8, 4) is 0 Å². The Balaban J connectivity index is 2.81. The molecule has 0 spiro atoms. The Morgan fingerprint density at radius 1 is 1.09 bits per heavy atom. The third kappa shape index (κ3) is 4.53. The van der Waals surface area contributed by atoms with Crippen molar-refractivity contribution in [2.45, 2.75) is 37.7 Å². The highest BCUT2D eigenvalue weighted by Crippen LogP contribution is 2.30. The second kappa shape index (κ2) is 7.21. The van der Waals surface area contributed by atoms with Crippen molar-refractivity contribution in [1.82, 2.24) is 5.32 Å². The minimum absolute atomic E-state index is 0.222. The number of thioether (sulfide) groups is 1. The van der Waals surface area contributed by atoms with Gasteiger partial charge < -0.3 is 10.1 Å². The van der Waals surface area contributed by atoms with Crippen LogP contribution in [0.1, 0.15) is 26.3 Å². The van der Waals surface area contributed by atoms with Crippen LogP contribution in [0.2, 0.25) is 0 Å². The van der Waals surface area contributed by atoms with Crippen LogP contribution in [0.5, 0.6) is 0 Å². The van der Waals surface area contributed by atoms with Gasteiger partial charge >= 0.3 is 6.09 Å². The molecule has 0 aliphatic rings. The van der Waals surface area contributed by atoms with E-state index in [1.54, 1.807) is 20.8 Å². The van der Waals surface area contributed by atoms with Gasteiger partial charge in [-0.05, 0) is 33.4 Å². The molecule has 1 N–H and O–H groups in total. The topological polar surface area (TPSA) is 38.3 Å². The molecule has 1 aromatic carbocycles. The third-order valence-electron chi connectivity index (χ3n) is 2.56. The first-order valence-electron chi connectivity index (χ1n) is 6.44. The summed E-state index contributed by atoms with van der Waals surface area (Å²) in [5.41, 5.74) is -1.47. The monoisotopic (exact) mass is 339 g/mol. The van der Waals surface area contributed by atoms with Gasteiger partial charge in [-0.3, -0.25) is 0 Å². The van der Waals surface area contributed by atoms with Crippen molar-refractivity contribution in [2.75, 3.05) is 12.8 Å². The van der Waals surface area contributed by atoms with Crippen LogP contribution in [0.15, 0.2) is 4.90 Å². The average Bonchev–Trinajstić information content (AvgIpc) is 2.39. The molecule has 0 saturated carbocycles. The average molecular weight is 339 g/mol. The van der Waals surface area contributed by atoms with E-state index in [0.717, 1.165) is 0 Å². The molecule has 0 fully saturated rings. The van der Waals surface area contributed by atoms with Gasteiger partial charge in [-0.15, -0.1) is 11.8 Å². The lowest BCUT2D eigenvalue weighted by atomic mass is 10.1. The lowest BCUT2D eigenvalue weighted by Crippen LogP contribution is -2.33. The maximum Gasteiger partial charge on any atom is 0.407 e. The molecule has 22 heavy (non-hydrogen) atoms. The van der Waals surface area contributed by atoms with Crippen molar-refractivity contribution >= 4 is 17.9 Å². The third-order valence-corrected chi connectivity index (χ3v) is 3.33. The molecule has 0 atom stereocenters. The van der Waals surface area contributed by atoms with Gasteiger partial charge in [-0.2, -0.15) is 0 Å². The summed E-state index contributed by atoms with van der Waals surface area (Å²) < 4.78 is 59.6. The number of alkyl carbamates (subject to hydrolysis) is 1. The predicted octanol–water partition coefficient (Wildman–Crippen LogP) is 4.03. The number of carbonyl (C=O) groups is 1. The molecule has 0 unspecified atom stereocenters. The van der Waals surface area contributed by atoms with Gasteiger partial charge in [0.15, 0.2) is 23.3 Å². The van der Waals surface area contributed by atoms with Crippen LogP contribution in [0.25, 0.3) is 0 Å². The lowest BCUT2D eigenvalue weighted by molar-refractivity contribution is 0.0528.